The quantitative estimate of drug-likeness (QED) is 0.0548. The summed E-state index contributed by atoms with van der Waals surface area (Å²) in [5, 5.41) is 21.5. The van der Waals surface area contributed by atoms with Crippen molar-refractivity contribution in [3.63, 3.8) is 0 Å². The molecule has 6 saturated carbocycles. The predicted octanol–water partition coefficient (Wildman–Crippen LogP) is 14.1. The number of rotatable bonds is 29. The van der Waals surface area contributed by atoms with E-state index in [0.29, 0.717) is 43.4 Å². The minimum Gasteiger partial charge on any atom is -0.462 e. The third-order valence-electron chi connectivity index (χ3n) is 21.6. The van der Waals surface area contributed by atoms with Gasteiger partial charge in [0.05, 0.1) is 0 Å². The highest BCUT2D eigenvalue weighted by atomic mass is 16.5. The molecule has 7 aliphatic rings. The number of carbonyl (C=O) groups excluding carboxylic acids is 5. The Morgan fingerprint density at radius 1 is 0.766 bits per heavy atom. The number of nitrogens with zero attached hydrogens (tertiary/aromatic N) is 1. The van der Waals surface area contributed by atoms with Crippen molar-refractivity contribution in [3.05, 3.63) is 47.1 Å². The molecule has 0 saturated heterocycles. The molecule has 11 unspecified atom stereocenters. The van der Waals surface area contributed by atoms with E-state index in [1.54, 1.807) is 11.6 Å². The third kappa shape index (κ3) is 14.8. The number of Topliss-reactive ketones (excluding diaryl/α,β-unsaturated/α-hetero) is 2. The minimum atomic E-state index is -1.71. The van der Waals surface area contributed by atoms with E-state index in [9.17, 15) is 34.2 Å². The molecule has 77 heavy (non-hydrogen) atoms. The van der Waals surface area contributed by atoms with Crippen LogP contribution >= 0.6 is 0 Å². The highest BCUT2D eigenvalue weighted by Gasteiger charge is 2.68. The predicted molar refractivity (Wildman–Crippen MR) is 307 cm³/mol. The molecule has 0 aliphatic heterocycles. The van der Waals surface area contributed by atoms with Gasteiger partial charge in [-0.25, -0.2) is 0 Å². The molecule has 0 amide bonds. The molecule has 0 bridgehead atoms. The number of carbonyl (C=O) groups is 5. The molecule has 0 aromatic heterocycles. The Morgan fingerprint density at radius 3 is 2.17 bits per heavy atom. The van der Waals surface area contributed by atoms with Crippen LogP contribution < -0.4 is 0 Å². The zero-order valence-corrected chi connectivity index (χ0v) is 49.2. The van der Waals surface area contributed by atoms with Crippen molar-refractivity contribution in [3.8, 4) is 0 Å². The van der Waals surface area contributed by atoms with E-state index in [1.807, 2.05) is 6.92 Å². The maximum Gasteiger partial charge on any atom is 0.306 e. The Kier molecular flexibility index (Phi) is 22.3. The second kappa shape index (κ2) is 28.0. The van der Waals surface area contributed by atoms with Crippen LogP contribution in [0, 0.1) is 57.7 Å². The van der Waals surface area contributed by atoms with E-state index >= 15 is 0 Å². The summed E-state index contributed by atoms with van der Waals surface area (Å²) < 4.78 is 11.6. The van der Waals surface area contributed by atoms with E-state index in [4.69, 9.17) is 9.47 Å². The van der Waals surface area contributed by atoms with Crippen molar-refractivity contribution in [1.29, 1.82) is 0 Å². The lowest BCUT2D eigenvalue weighted by Gasteiger charge is -2.57. The van der Waals surface area contributed by atoms with E-state index in [0.717, 1.165) is 139 Å². The van der Waals surface area contributed by atoms with Crippen molar-refractivity contribution >= 4 is 29.3 Å². The van der Waals surface area contributed by atoms with Crippen molar-refractivity contribution in [1.82, 2.24) is 4.90 Å². The Morgan fingerprint density at radius 2 is 1.45 bits per heavy atom. The van der Waals surface area contributed by atoms with Crippen LogP contribution in [0.3, 0.4) is 0 Å². The first kappa shape index (κ1) is 61.4. The van der Waals surface area contributed by atoms with Gasteiger partial charge in [-0.1, -0.05) is 128 Å². The number of unbranched alkanes of at least 4 members (excludes halogenated alkanes) is 8. The fraction of sp³-hybridized carbons (Fsp3) is 0.806. The summed E-state index contributed by atoms with van der Waals surface area (Å²) >= 11 is 0. The van der Waals surface area contributed by atoms with Crippen molar-refractivity contribution < 1.29 is 43.7 Å². The number of allylic oxidation sites excluding steroid dienone is 5. The fourth-order valence-corrected chi connectivity index (χ4v) is 17.0. The lowest BCUT2D eigenvalue weighted by molar-refractivity contribution is -0.173. The van der Waals surface area contributed by atoms with Crippen LogP contribution in [0.5, 0.6) is 0 Å². The number of hydrogen-bond acceptors (Lipinski definition) is 10. The van der Waals surface area contributed by atoms with Crippen molar-refractivity contribution in [2.24, 2.45) is 57.7 Å². The van der Waals surface area contributed by atoms with Crippen LogP contribution in [-0.2, 0) is 33.4 Å². The minimum absolute atomic E-state index is 0.0175. The lowest BCUT2D eigenvalue weighted by atomic mass is 9.46. The van der Waals surface area contributed by atoms with Gasteiger partial charge in [-0.3, -0.25) is 24.0 Å². The Balaban J connectivity index is 0.742. The molecule has 2 N–H and O–H groups in total. The first-order valence-corrected chi connectivity index (χ1v) is 31.6. The molecule has 11 atom stereocenters. The van der Waals surface area contributed by atoms with E-state index in [-0.39, 0.29) is 72.7 Å². The van der Waals surface area contributed by atoms with Crippen molar-refractivity contribution in [2.75, 3.05) is 32.8 Å². The number of ether oxygens (including phenoxy) is 2. The largest absolute Gasteiger partial charge is 0.462 e. The van der Waals surface area contributed by atoms with Gasteiger partial charge in [-0.2, -0.15) is 0 Å². The molecular weight excluding hydrogens is 963 g/mol. The number of aliphatic hydroxyl groups excluding tert-OH is 1. The zero-order valence-electron chi connectivity index (χ0n) is 49.2. The first-order valence-electron chi connectivity index (χ1n) is 31.6. The zero-order chi connectivity index (χ0) is 55.4. The van der Waals surface area contributed by atoms with Gasteiger partial charge >= 0.3 is 11.9 Å². The fourth-order valence-electron chi connectivity index (χ4n) is 17.0. The molecule has 432 valence electrons. The molecule has 0 spiro atoms. The van der Waals surface area contributed by atoms with Gasteiger partial charge in [-0.15, -0.1) is 0 Å². The highest BCUT2D eigenvalue weighted by molar-refractivity contribution is 5.95. The average molecular weight is 1070 g/mol. The van der Waals surface area contributed by atoms with Gasteiger partial charge in [0.2, 0.25) is 5.78 Å². The van der Waals surface area contributed by atoms with Crippen molar-refractivity contribution in [2.45, 2.75) is 252 Å². The number of ketones is 3. The number of aliphatic hydroxyl groups is 2. The Hall–Kier alpha value is -3.21. The van der Waals surface area contributed by atoms with Crippen LogP contribution in [0.2, 0.25) is 0 Å². The van der Waals surface area contributed by atoms with E-state index in [1.165, 1.54) is 62.5 Å². The summed E-state index contributed by atoms with van der Waals surface area (Å²) in [6.07, 6.45) is 34.4. The topological polar surface area (TPSA) is 148 Å². The summed E-state index contributed by atoms with van der Waals surface area (Å²) in [4.78, 5) is 68.3. The molecule has 10 nitrogen and oxygen atoms in total. The van der Waals surface area contributed by atoms with Gasteiger partial charge < -0.3 is 24.6 Å². The second-order valence-corrected chi connectivity index (χ2v) is 27.1. The van der Waals surface area contributed by atoms with Crippen LogP contribution in [-0.4, -0.2) is 89.0 Å². The molecule has 6 fully saturated rings. The van der Waals surface area contributed by atoms with Gasteiger partial charge in [0, 0.05) is 50.0 Å². The molecule has 7 aliphatic carbocycles. The average Bonchev–Trinajstić information content (AvgIpc) is 3.96. The smallest absolute Gasteiger partial charge is 0.306 e. The van der Waals surface area contributed by atoms with Gasteiger partial charge in [0.25, 0.3) is 0 Å². The third-order valence-corrected chi connectivity index (χ3v) is 21.6. The lowest BCUT2D eigenvalue weighted by Crippen LogP contribution is -2.61. The Labute approximate surface area is 465 Å². The standard InChI is InChI=1S/C67H105NO9/c1-47(2)21-19-22-49(4)56-32-33-57-50(23-20-36-65(56,57)6)27-28-51-43-54(30-26-48(51)3)77-62(74)25-14-10-12-16-40-68(41-17-18-42-69)39-15-11-8-9-13-24-61(73)76-46-60(72)67(75)38-35-58-55-31-29-52-44-53(70)34-37-64(52,5)63(55)59(71)45-66(58,67)7/h27-28,44,47,49,54-58,63,69,75H,3,8-26,29-43,45-46H2,1-2,4-7H3/b50-27+,51-28-. The number of esters is 2. The van der Waals surface area contributed by atoms with Gasteiger partial charge in [-0.05, 0) is 193 Å². The molecule has 7 rings (SSSR count). The maximum atomic E-state index is 14.0. The summed E-state index contributed by atoms with van der Waals surface area (Å²) in [6, 6.07) is 0. The molecule has 0 heterocycles. The van der Waals surface area contributed by atoms with Gasteiger partial charge in [0.1, 0.15) is 17.5 Å². The van der Waals surface area contributed by atoms with Gasteiger partial charge in [0.15, 0.2) is 12.4 Å². The second-order valence-electron chi connectivity index (χ2n) is 27.1. The first-order chi connectivity index (χ1) is 36.8. The van der Waals surface area contributed by atoms with Crippen LogP contribution in [0.4, 0.5) is 0 Å². The monoisotopic (exact) mass is 1070 g/mol. The molecule has 0 aromatic rings. The molecule has 0 radical (unpaired) electrons. The summed E-state index contributed by atoms with van der Waals surface area (Å²) in [5.41, 5.74) is 2.66. The van der Waals surface area contributed by atoms with Crippen LogP contribution in [0.25, 0.3) is 0 Å². The number of fused-ring (bicyclic) bond motifs is 6. The van der Waals surface area contributed by atoms with Crippen LogP contribution in [0.1, 0.15) is 241 Å². The van der Waals surface area contributed by atoms with E-state index in [2.05, 4.69) is 58.2 Å². The Bertz CT molecular complexity index is 2150. The molecule has 10 heteroatoms. The summed E-state index contributed by atoms with van der Waals surface area (Å²) in [7, 11) is 0. The number of hydrogen-bond donors (Lipinski definition) is 2. The molecular formula is C67H105NO9. The molecule has 0 aromatic carbocycles. The van der Waals surface area contributed by atoms with E-state index < -0.39 is 29.4 Å². The highest BCUT2D eigenvalue weighted by Crippen LogP contribution is 2.67. The SMILES string of the molecule is C=C1CCC(OC(=O)CCCCCCN(CCCCO)CCCCCCCC(=O)OCC(=O)C2(O)CCC3C4CCC5=CC(=O)CCC5(C)C4C(=O)CC32C)C/C1=C/C=C1\CCCC2(C)C1CCC2C(C)CCCC(C)C. The van der Waals surface area contributed by atoms with Crippen LogP contribution in [0.15, 0.2) is 47.1 Å². The summed E-state index contributed by atoms with van der Waals surface area (Å²) in [6.45, 7) is 21.0. The normalized spacial score (nSPS) is 33.5. The maximum absolute atomic E-state index is 14.0. The summed E-state index contributed by atoms with van der Waals surface area (Å²) in [5.74, 6) is 2.22.